The lowest BCUT2D eigenvalue weighted by atomic mass is 9.81. The number of hydrogen-bond donors (Lipinski definition) is 1. The molecule has 2 N–H and O–H groups in total. The minimum absolute atomic E-state index is 0. The summed E-state index contributed by atoms with van der Waals surface area (Å²) in [6, 6.07) is 0. The van der Waals surface area contributed by atoms with Crippen LogP contribution in [0.3, 0.4) is 0 Å². The highest BCUT2D eigenvalue weighted by atomic mass is 35.5. The highest BCUT2D eigenvalue weighted by Crippen LogP contribution is 2.28. The molecule has 1 aliphatic carbocycles. The number of halogens is 1. The van der Waals surface area contributed by atoms with Crippen molar-refractivity contribution in [1.29, 1.82) is 0 Å². The van der Waals surface area contributed by atoms with Crippen molar-refractivity contribution < 1.29 is 14.3 Å². The molecule has 2 aliphatic rings. The third-order valence-electron chi connectivity index (χ3n) is 3.95. The molecule has 1 unspecified atom stereocenters. The van der Waals surface area contributed by atoms with E-state index < -0.39 is 5.54 Å². The van der Waals surface area contributed by atoms with Gasteiger partial charge in [-0.1, -0.05) is 19.3 Å². The summed E-state index contributed by atoms with van der Waals surface area (Å²) in [5, 5.41) is 0. The van der Waals surface area contributed by atoms with Crippen LogP contribution in [0.4, 0.5) is 0 Å². The Balaban J connectivity index is 0.00000180. The van der Waals surface area contributed by atoms with Gasteiger partial charge in [-0.05, 0) is 12.8 Å². The molecule has 1 aliphatic heterocycles. The highest BCUT2D eigenvalue weighted by molar-refractivity contribution is 5.86. The molecule has 0 bridgehead atoms. The van der Waals surface area contributed by atoms with E-state index in [1.165, 1.54) is 6.42 Å². The molecule has 0 aromatic rings. The molecule has 6 heteroatoms. The smallest absolute Gasteiger partial charge is 0.242 e. The first-order valence-electron chi connectivity index (χ1n) is 6.84. The lowest BCUT2D eigenvalue weighted by Crippen LogP contribution is -2.59. The van der Waals surface area contributed by atoms with Crippen LogP contribution >= 0.6 is 12.4 Å². The van der Waals surface area contributed by atoms with Crippen LogP contribution in [-0.4, -0.2) is 55.9 Å². The van der Waals surface area contributed by atoms with Crippen LogP contribution in [0, 0.1) is 0 Å². The van der Waals surface area contributed by atoms with E-state index in [1.54, 1.807) is 7.11 Å². The molecule has 0 aromatic heterocycles. The lowest BCUT2D eigenvalue weighted by Gasteiger charge is -2.40. The van der Waals surface area contributed by atoms with Gasteiger partial charge in [0.2, 0.25) is 5.91 Å². The van der Waals surface area contributed by atoms with Crippen molar-refractivity contribution in [3.8, 4) is 0 Å². The van der Waals surface area contributed by atoms with E-state index in [-0.39, 0.29) is 24.4 Å². The fourth-order valence-corrected chi connectivity index (χ4v) is 2.90. The standard InChI is InChI=1S/C13H24N2O3.ClH/c1-17-10-11-9-15(7-8-18-11)12(16)13(14)5-3-2-4-6-13;/h11H,2-10,14H2,1H3;1H. The van der Waals surface area contributed by atoms with Gasteiger partial charge in [0.15, 0.2) is 0 Å². The Kier molecular flexibility index (Phi) is 6.53. The van der Waals surface area contributed by atoms with Gasteiger partial charge >= 0.3 is 0 Å². The minimum Gasteiger partial charge on any atom is -0.382 e. The second kappa shape index (κ2) is 7.43. The van der Waals surface area contributed by atoms with Crippen LogP contribution in [0.2, 0.25) is 0 Å². The topological polar surface area (TPSA) is 64.8 Å². The van der Waals surface area contributed by atoms with E-state index in [2.05, 4.69) is 0 Å². The summed E-state index contributed by atoms with van der Waals surface area (Å²) in [7, 11) is 1.65. The molecule has 19 heavy (non-hydrogen) atoms. The minimum atomic E-state index is -0.632. The van der Waals surface area contributed by atoms with Crippen molar-refractivity contribution in [2.75, 3.05) is 33.4 Å². The fourth-order valence-electron chi connectivity index (χ4n) is 2.90. The maximum atomic E-state index is 12.5. The molecule has 1 saturated carbocycles. The number of nitrogens with two attached hydrogens (primary N) is 1. The van der Waals surface area contributed by atoms with Crippen molar-refractivity contribution >= 4 is 18.3 Å². The SMILES string of the molecule is COCC1CN(C(=O)C2(N)CCCCC2)CCO1.Cl. The Labute approximate surface area is 121 Å². The van der Waals surface area contributed by atoms with E-state index in [0.717, 1.165) is 25.7 Å². The van der Waals surface area contributed by atoms with Crippen LogP contribution < -0.4 is 5.73 Å². The van der Waals surface area contributed by atoms with Crippen molar-refractivity contribution in [3.05, 3.63) is 0 Å². The Bertz CT molecular complexity index is 294. The lowest BCUT2D eigenvalue weighted by molar-refractivity contribution is -0.147. The van der Waals surface area contributed by atoms with Gasteiger partial charge in [0, 0.05) is 20.2 Å². The highest BCUT2D eigenvalue weighted by Gasteiger charge is 2.39. The normalized spacial score (nSPS) is 26.6. The molecule has 1 heterocycles. The summed E-state index contributed by atoms with van der Waals surface area (Å²) in [5.74, 6) is 0.103. The second-order valence-electron chi connectivity index (χ2n) is 5.42. The summed E-state index contributed by atoms with van der Waals surface area (Å²) in [4.78, 5) is 14.4. The Morgan fingerprint density at radius 2 is 2.11 bits per heavy atom. The number of morpholine rings is 1. The maximum Gasteiger partial charge on any atom is 0.242 e. The van der Waals surface area contributed by atoms with E-state index >= 15 is 0 Å². The summed E-state index contributed by atoms with van der Waals surface area (Å²) in [6.45, 7) is 2.36. The van der Waals surface area contributed by atoms with Crippen LogP contribution in [0.5, 0.6) is 0 Å². The van der Waals surface area contributed by atoms with Crippen molar-refractivity contribution in [2.24, 2.45) is 5.73 Å². The van der Waals surface area contributed by atoms with Crippen molar-refractivity contribution in [2.45, 2.75) is 43.7 Å². The van der Waals surface area contributed by atoms with E-state index in [0.29, 0.717) is 26.3 Å². The van der Waals surface area contributed by atoms with Gasteiger partial charge < -0.3 is 20.1 Å². The third kappa shape index (κ3) is 4.05. The average molecular weight is 293 g/mol. The zero-order valence-electron chi connectivity index (χ0n) is 11.6. The molecule has 1 saturated heterocycles. The Morgan fingerprint density at radius 3 is 2.74 bits per heavy atom. The van der Waals surface area contributed by atoms with E-state index in [9.17, 15) is 4.79 Å². The number of rotatable bonds is 3. The van der Waals surface area contributed by atoms with Gasteiger partial charge in [-0.15, -0.1) is 12.4 Å². The molecule has 2 fully saturated rings. The van der Waals surface area contributed by atoms with E-state index in [1.807, 2.05) is 4.90 Å². The predicted octanol–water partition coefficient (Wildman–Crippen LogP) is 0.944. The number of carbonyl (C=O) groups excluding carboxylic acids is 1. The number of ether oxygens (including phenoxy) is 2. The second-order valence-corrected chi connectivity index (χ2v) is 5.42. The molecule has 0 spiro atoms. The summed E-state index contributed by atoms with van der Waals surface area (Å²) in [6.07, 6.45) is 4.94. The first kappa shape index (κ1) is 16.7. The van der Waals surface area contributed by atoms with Crippen LogP contribution in [0.15, 0.2) is 0 Å². The largest absolute Gasteiger partial charge is 0.382 e. The maximum absolute atomic E-state index is 12.5. The van der Waals surface area contributed by atoms with Gasteiger partial charge in [0.05, 0.1) is 24.9 Å². The van der Waals surface area contributed by atoms with Gasteiger partial charge in [-0.2, -0.15) is 0 Å². The number of hydrogen-bond acceptors (Lipinski definition) is 4. The molecule has 2 rings (SSSR count). The molecular weight excluding hydrogens is 268 g/mol. The molecule has 1 amide bonds. The van der Waals surface area contributed by atoms with Crippen LogP contribution in [0.1, 0.15) is 32.1 Å². The first-order chi connectivity index (χ1) is 8.65. The van der Waals surface area contributed by atoms with Gasteiger partial charge in [-0.25, -0.2) is 0 Å². The third-order valence-corrected chi connectivity index (χ3v) is 3.95. The Morgan fingerprint density at radius 1 is 1.42 bits per heavy atom. The van der Waals surface area contributed by atoms with Gasteiger partial charge in [0.25, 0.3) is 0 Å². The Hall–Kier alpha value is -0.360. The fraction of sp³-hybridized carbons (Fsp3) is 0.923. The number of nitrogens with zero attached hydrogens (tertiary/aromatic N) is 1. The zero-order valence-corrected chi connectivity index (χ0v) is 12.4. The zero-order chi connectivity index (χ0) is 13.0. The molecular formula is C13H25ClN2O3. The number of methoxy groups -OCH3 is 1. The van der Waals surface area contributed by atoms with Gasteiger partial charge in [-0.3, -0.25) is 4.79 Å². The van der Waals surface area contributed by atoms with Crippen molar-refractivity contribution in [1.82, 2.24) is 4.90 Å². The predicted molar refractivity (Wildman–Crippen MR) is 75.4 cm³/mol. The van der Waals surface area contributed by atoms with E-state index in [4.69, 9.17) is 15.2 Å². The van der Waals surface area contributed by atoms with Crippen molar-refractivity contribution in [3.63, 3.8) is 0 Å². The average Bonchev–Trinajstić information content (AvgIpc) is 2.39. The molecule has 112 valence electrons. The number of amides is 1. The van der Waals surface area contributed by atoms with Crippen LogP contribution in [0.25, 0.3) is 0 Å². The van der Waals surface area contributed by atoms with Gasteiger partial charge in [0.1, 0.15) is 0 Å². The first-order valence-corrected chi connectivity index (χ1v) is 6.84. The quantitative estimate of drug-likeness (QED) is 0.841. The monoisotopic (exact) mass is 292 g/mol. The summed E-state index contributed by atoms with van der Waals surface area (Å²) in [5.41, 5.74) is 5.66. The molecule has 0 aromatic carbocycles. The summed E-state index contributed by atoms with van der Waals surface area (Å²) < 4.78 is 10.6. The molecule has 1 atom stereocenters. The summed E-state index contributed by atoms with van der Waals surface area (Å²) >= 11 is 0. The molecule has 0 radical (unpaired) electrons. The van der Waals surface area contributed by atoms with Crippen LogP contribution in [-0.2, 0) is 14.3 Å². The number of carbonyl (C=O) groups is 1. The molecule has 5 nitrogen and oxygen atoms in total.